The molecule has 0 aliphatic rings. The summed E-state index contributed by atoms with van der Waals surface area (Å²) in [6.07, 6.45) is 0. The number of anilines is 1. The molecule has 4 aromatic rings. The highest BCUT2D eigenvalue weighted by Gasteiger charge is 2.42. The summed E-state index contributed by atoms with van der Waals surface area (Å²) < 4.78 is 39.8. The molecule has 8 heteroatoms. The van der Waals surface area contributed by atoms with Gasteiger partial charge in [-0.3, -0.25) is 0 Å². The molecule has 0 saturated heterocycles. The zero-order chi connectivity index (χ0) is 23.8. The van der Waals surface area contributed by atoms with Crippen molar-refractivity contribution in [2.45, 2.75) is 5.78 Å². The second-order valence-electron chi connectivity index (χ2n) is 7.27. The number of halogens is 1. The van der Waals surface area contributed by atoms with E-state index in [9.17, 15) is 13.8 Å². The Morgan fingerprint density at radius 3 is 1.68 bits per heavy atom. The van der Waals surface area contributed by atoms with Crippen LogP contribution in [-0.2, 0) is 4.57 Å². The lowest BCUT2D eigenvalue weighted by atomic mass is 10.2. The van der Waals surface area contributed by atoms with Crippen LogP contribution in [0.1, 0.15) is 11.3 Å². The first-order valence-corrected chi connectivity index (χ1v) is 12.1. The monoisotopic (exact) mass is 476 g/mol. The van der Waals surface area contributed by atoms with Crippen LogP contribution in [0.2, 0.25) is 0 Å². The molecule has 2 amide bonds. The lowest BCUT2D eigenvalue weighted by Crippen LogP contribution is -2.34. The number of carbonyl (C=O) groups excluding carboxylic acids is 1. The van der Waals surface area contributed by atoms with Crippen molar-refractivity contribution >= 4 is 19.3 Å². The Bertz CT molecular complexity index is 1210. The van der Waals surface area contributed by atoms with Gasteiger partial charge in [-0.1, -0.05) is 66.7 Å². The molecule has 4 rings (SSSR count). The second kappa shape index (κ2) is 10.7. The summed E-state index contributed by atoms with van der Waals surface area (Å²) in [5.41, 5.74) is 0.889. The Balaban J connectivity index is 1.72. The van der Waals surface area contributed by atoms with E-state index >= 15 is 0 Å². The van der Waals surface area contributed by atoms with Crippen molar-refractivity contribution < 1.29 is 22.8 Å². The molecule has 6 nitrogen and oxygen atoms in total. The van der Waals surface area contributed by atoms with E-state index in [-0.39, 0.29) is 0 Å². The summed E-state index contributed by atoms with van der Waals surface area (Å²) in [5, 5.41) is 5.39. The van der Waals surface area contributed by atoms with E-state index in [4.69, 9.17) is 9.05 Å². The number of hydrogen-bond donors (Lipinski definition) is 2. The van der Waals surface area contributed by atoms with Crippen molar-refractivity contribution in [1.82, 2.24) is 5.32 Å². The van der Waals surface area contributed by atoms with Crippen LogP contribution >= 0.6 is 7.60 Å². The Morgan fingerprint density at radius 1 is 0.706 bits per heavy atom. The first-order chi connectivity index (χ1) is 16.5. The Hall–Kier alpha value is -4.09. The van der Waals surface area contributed by atoms with Crippen molar-refractivity contribution in [2.24, 2.45) is 0 Å². The minimum atomic E-state index is -4.16. The average Bonchev–Trinajstić information content (AvgIpc) is 2.85. The van der Waals surface area contributed by atoms with Gasteiger partial charge in [0.2, 0.25) is 0 Å². The smallest absolute Gasteiger partial charge is 0.414 e. The third-order valence-electron chi connectivity index (χ3n) is 4.75. The molecule has 1 atom stereocenters. The lowest BCUT2D eigenvalue weighted by molar-refractivity contribution is 0.249. The number of para-hydroxylation sites is 3. The van der Waals surface area contributed by atoms with Crippen LogP contribution in [0, 0.1) is 5.82 Å². The summed E-state index contributed by atoms with van der Waals surface area (Å²) in [6.45, 7) is 0. The van der Waals surface area contributed by atoms with Crippen LogP contribution in [0.15, 0.2) is 115 Å². The summed E-state index contributed by atoms with van der Waals surface area (Å²) in [4.78, 5) is 12.9. The van der Waals surface area contributed by atoms with Crippen molar-refractivity contribution in [3.05, 3.63) is 127 Å². The predicted octanol–water partition coefficient (Wildman–Crippen LogP) is 7.00. The third kappa shape index (κ3) is 6.03. The van der Waals surface area contributed by atoms with Crippen LogP contribution in [0.5, 0.6) is 11.5 Å². The fraction of sp³-hybridized carbons (Fsp3) is 0.0385. The topological polar surface area (TPSA) is 76.7 Å². The largest absolute Gasteiger partial charge is 0.457 e. The van der Waals surface area contributed by atoms with Crippen LogP contribution in [0.4, 0.5) is 14.9 Å². The maximum atomic E-state index is 14.3. The Labute approximate surface area is 196 Å². The Morgan fingerprint density at radius 2 is 1.18 bits per heavy atom. The number of rotatable bonds is 8. The Kier molecular flexibility index (Phi) is 7.25. The summed E-state index contributed by atoms with van der Waals surface area (Å²) >= 11 is 0. The molecule has 2 N–H and O–H groups in total. The fourth-order valence-electron chi connectivity index (χ4n) is 3.18. The summed E-state index contributed by atoms with van der Waals surface area (Å²) in [5.74, 6) is -1.14. The van der Waals surface area contributed by atoms with Gasteiger partial charge in [-0.25, -0.2) is 13.8 Å². The predicted molar refractivity (Wildman–Crippen MR) is 129 cm³/mol. The molecule has 0 spiro atoms. The molecule has 0 fully saturated rings. The van der Waals surface area contributed by atoms with E-state index in [1.54, 1.807) is 84.9 Å². The number of carbonyl (C=O) groups is 1. The normalized spacial score (nSPS) is 11.8. The van der Waals surface area contributed by atoms with Gasteiger partial charge in [-0.15, -0.1) is 0 Å². The third-order valence-corrected chi connectivity index (χ3v) is 6.74. The zero-order valence-electron chi connectivity index (χ0n) is 18.0. The molecule has 0 heterocycles. The quantitative estimate of drug-likeness (QED) is 0.269. The van der Waals surface area contributed by atoms with Crippen LogP contribution in [0.3, 0.4) is 0 Å². The molecule has 34 heavy (non-hydrogen) atoms. The standard InChI is InChI=1S/C26H22FN2O4P/c27-21-18-16-20(17-19-21)25(29-26(30)28-22-10-4-1-5-11-22)34(31,32-23-12-6-2-7-13-23)33-24-14-8-3-9-15-24/h1-19,25H,(H2,28,29,30). The van der Waals surface area contributed by atoms with Crippen molar-refractivity contribution in [2.75, 3.05) is 5.32 Å². The fourth-order valence-corrected chi connectivity index (χ4v) is 5.08. The average molecular weight is 476 g/mol. The zero-order valence-corrected chi connectivity index (χ0v) is 18.9. The van der Waals surface area contributed by atoms with Gasteiger partial charge in [0, 0.05) is 5.69 Å². The molecular formula is C26H22FN2O4P. The van der Waals surface area contributed by atoms with Crippen LogP contribution in [-0.4, -0.2) is 6.03 Å². The van der Waals surface area contributed by atoms with E-state index in [0.717, 1.165) is 0 Å². The van der Waals surface area contributed by atoms with Gasteiger partial charge in [-0.2, -0.15) is 0 Å². The molecule has 1 unspecified atom stereocenters. The minimum absolute atomic E-state index is 0.291. The van der Waals surface area contributed by atoms with E-state index in [0.29, 0.717) is 22.7 Å². The maximum absolute atomic E-state index is 14.3. The number of amides is 2. The minimum Gasteiger partial charge on any atom is -0.414 e. The molecule has 0 radical (unpaired) electrons. The molecule has 0 bridgehead atoms. The lowest BCUT2D eigenvalue weighted by Gasteiger charge is -2.28. The van der Waals surface area contributed by atoms with Gasteiger partial charge in [0.25, 0.3) is 0 Å². The van der Waals surface area contributed by atoms with Crippen molar-refractivity contribution in [3.63, 3.8) is 0 Å². The first-order valence-electron chi connectivity index (χ1n) is 10.5. The van der Waals surface area contributed by atoms with Crippen LogP contribution in [0.25, 0.3) is 0 Å². The molecule has 0 saturated carbocycles. The molecule has 172 valence electrons. The molecule has 0 aliphatic carbocycles. The SMILES string of the molecule is O=C(Nc1ccccc1)NC(c1ccc(F)cc1)P(=O)(Oc1ccccc1)Oc1ccccc1. The van der Waals surface area contributed by atoms with Crippen LogP contribution < -0.4 is 19.7 Å². The summed E-state index contributed by atoms with van der Waals surface area (Å²) in [6, 6.07) is 30.5. The highest BCUT2D eigenvalue weighted by molar-refractivity contribution is 7.55. The van der Waals surface area contributed by atoms with Gasteiger partial charge < -0.3 is 19.7 Å². The van der Waals surface area contributed by atoms with Gasteiger partial charge in [0.05, 0.1) is 0 Å². The number of benzene rings is 4. The van der Waals surface area contributed by atoms with Gasteiger partial charge in [0.1, 0.15) is 17.3 Å². The number of nitrogens with one attached hydrogen (secondary N) is 2. The molecular weight excluding hydrogens is 454 g/mol. The van der Waals surface area contributed by atoms with E-state index < -0.39 is 25.2 Å². The highest BCUT2D eigenvalue weighted by Crippen LogP contribution is 2.59. The molecule has 0 aliphatic heterocycles. The van der Waals surface area contributed by atoms with E-state index in [2.05, 4.69) is 10.6 Å². The number of urea groups is 1. The van der Waals surface area contributed by atoms with E-state index in [1.165, 1.54) is 24.3 Å². The summed E-state index contributed by atoms with van der Waals surface area (Å²) in [7, 11) is -4.16. The van der Waals surface area contributed by atoms with E-state index in [1.807, 2.05) is 6.07 Å². The van der Waals surface area contributed by atoms with Crippen molar-refractivity contribution in [1.29, 1.82) is 0 Å². The number of hydrogen-bond acceptors (Lipinski definition) is 4. The molecule has 4 aromatic carbocycles. The second-order valence-corrected chi connectivity index (χ2v) is 9.23. The van der Waals surface area contributed by atoms with Gasteiger partial charge in [0.15, 0.2) is 5.78 Å². The first kappa shape index (κ1) is 23.1. The van der Waals surface area contributed by atoms with Gasteiger partial charge >= 0.3 is 13.6 Å². The highest BCUT2D eigenvalue weighted by atomic mass is 31.2. The maximum Gasteiger partial charge on any atom is 0.457 e. The molecule has 0 aromatic heterocycles. The van der Waals surface area contributed by atoms with Crippen molar-refractivity contribution in [3.8, 4) is 11.5 Å². The van der Waals surface area contributed by atoms with Gasteiger partial charge in [-0.05, 0) is 54.1 Å².